The molecule has 4 bridgehead atoms. The number of ketones is 2. The van der Waals surface area contributed by atoms with Crippen molar-refractivity contribution < 1.29 is 82.7 Å². The fourth-order valence-electron chi connectivity index (χ4n) is 11.5. The lowest BCUT2D eigenvalue weighted by atomic mass is 9.45. The average molecular weight is 1090 g/mol. The number of Topliss-reactive ketones (excluding diaryl/α,β-unsaturated/α-hetero) is 2. The summed E-state index contributed by atoms with van der Waals surface area (Å²) in [5.41, 5.74) is -3.24. The largest absolute Gasteiger partial charge is 0.482 e. The Morgan fingerprint density at radius 1 is 0.919 bits per heavy atom. The number of hydrogen-bond acceptors (Lipinski definition) is 17. The first-order chi connectivity index (χ1) is 34.7. The zero-order valence-electron chi connectivity index (χ0n) is 43.1. The summed E-state index contributed by atoms with van der Waals surface area (Å²) in [6.07, 6.45) is 1.07. The van der Waals surface area contributed by atoms with Gasteiger partial charge in [0.25, 0.3) is 5.91 Å². The van der Waals surface area contributed by atoms with Crippen molar-refractivity contribution in [1.82, 2.24) is 5.32 Å². The van der Waals surface area contributed by atoms with Crippen molar-refractivity contribution in [3.63, 3.8) is 0 Å². The van der Waals surface area contributed by atoms with Gasteiger partial charge in [0.2, 0.25) is 6.29 Å². The summed E-state index contributed by atoms with van der Waals surface area (Å²) in [5, 5.41) is 55.5. The molecule has 8 unspecified atom stereocenters. The molecule has 7 aliphatic rings. The second-order valence-electron chi connectivity index (χ2n) is 21.5. The van der Waals surface area contributed by atoms with Crippen LogP contribution in [0.2, 0.25) is 0 Å². The number of fused-ring (bicyclic) bond motifs is 2. The highest BCUT2D eigenvalue weighted by Crippen LogP contribution is 2.73. The van der Waals surface area contributed by atoms with Crippen molar-refractivity contribution in [3.05, 3.63) is 87.5 Å². The smallest absolute Gasteiger partial charge is 0.333 e. The Hall–Kier alpha value is -5.25. The number of benzene rings is 2. The molecule has 2 saturated heterocycles. The van der Waals surface area contributed by atoms with Gasteiger partial charge in [-0.15, -0.1) is 0 Å². The maximum Gasteiger partial charge on any atom is 0.333 e. The Bertz CT molecular complexity index is 2760. The molecule has 19 heteroatoms. The molecule has 400 valence electrons. The van der Waals surface area contributed by atoms with Gasteiger partial charge in [0.15, 0.2) is 32.8 Å². The molecule has 0 aromatic heterocycles. The number of carbonyl (C=O) groups is 5. The highest BCUT2D eigenvalue weighted by Gasteiger charge is 2.90. The molecule has 4 heterocycles. The predicted molar refractivity (Wildman–Crippen MR) is 270 cm³/mol. The van der Waals surface area contributed by atoms with Crippen LogP contribution < -0.4 is 24.3 Å². The highest BCUT2D eigenvalue weighted by atomic mass is 79.9. The molecule has 2 aromatic rings. The molecule has 18 nitrogen and oxygen atoms in total. The van der Waals surface area contributed by atoms with E-state index in [4.69, 9.17) is 33.2 Å². The third-order valence-corrected chi connectivity index (χ3v) is 16.8. The lowest BCUT2D eigenvalue weighted by Crippen LogP contribution is -2.86. The quantitative estimate of drug-likeness (QED) is 0.0446. The summed E-state index contributed by atoms with van der Waals surface area (Å²) in [6, 6.07) is 4.13. The molecular formula is C55H66BrNO17. The number of carbonyl (C=O) groups excluding carboxylic acids is 5. The predicted octanol–water partition coefficient (Wildman–Crippen LogP) is 5.09. The van der Waals surface area contributed by atoms with Crippen molar-refractivity contribution in [2.24, 2.45) is 11.8 Å². The zero-order chi connectivity index (χ0) is 54.2. The number of rotatable bonds is 15. The minimum absolute atomic E-state index is 0.0431. The number of methoxy groups -OCH3 is 1. The second-order valence-corrected chi connectivity index (χ2v) is 22.7. The lowest BCUT2D eigenvalue weighted by Gasteiger charge is -2.65. The first-order valence-corrected chi connectivity index (χ1v) is 25.6. The number of alkyl halides is 1. The van der Waals surface area contributed by atoms with Crippen LogP contribution in [0.15, 0.2) is 65.3 Å². The minimum Gasteiger partial charge on any atom is -0.482 e. The van der Waals surface area contributed by atoms with Gasteiger partial charge in [-0.2, -0.15) is 0 Å². The maximum absolute atomic E-state index is 16.2. The van der Waals surface area contributed by atoms with E-state index in [-0.39, 0.29) is 64.5 Å². The second kappa shape index (κ2) is 20.0. The van der Waals surface area contributed by atoms with Gasteiger partial charge in [0.05, 0.1) is 31.0 Å². The molecule has 9 rings (SSSR count). The van der Waals surface area contributed by atoms with E-state index in [0.717, 1.165) is 11.1 Å². The molecule has 4 aliphatic heterocycles. The molecule has 3 aliphatic carbocycles. The van der Waals surface area contributed by atoms with Crippen molar-refractivity contribution >= 4 is 51.4 Å². The first kappa shape index (κ1) is 55.0. The highest BCUT2D eigenvalue weighted by molar-refractivity contribution is 9.10. The van der Waals surface area contributed by atoms with Gasteiger partial charge in [-0.05, 0) is 124 Å². The van der Waals surface area contributed by atoms with Gasteiger partial charge in [-0.3, -0.25) is 14.4 Å². The topological polar surface area (TPSA) is 263 Å². The summed E-state index contributed by atoms with van der Waals surface area (Å²) in [4.78, 5) is 72.3. The SMILES string of the molecule is COC(=O)/C(C)=C\CC12OC(C)(C)C3CC(C1=O)C(O)C1(Br)C(=O)c4c(OC(=O)C(C)NC(=O)c5ccc(O[C@@H]6O[C@H](CO)[C@@H](O)[C@@H](O)[C@H]6O)cc5)c5c(c(CC=C(C)C)c4OC321)OC(C)(CCC=C(C)C)C=C5. The average Bonchev–Trinajstić information content (AvgIpc) is 3.49. The van der Waals surface area contributed by atoms with Crippen LogP contribution in [0.3, 0.4) is 0 Å². The number of aliphatic hydroxyl groups is 5. The Labute approximate surface area is 437 Å². The van der Waals surface area contributed by atoms with E-state index in [1.807, 2.05) is 46.8 Å². The van der Waals surface area contributed by atoms with Crippen LogP contribution in [0.1, 0.15) is 120 Å². The van der Waals surface area contributed by atoms with Crippen LogP contribution in [-0.2, 0) is 35.0 Å². The van der Waals surface area contributed by atoms with E-state index < -0.39 is 117 Å². The maximum atomic E-state index is 16.2. The zero-order valence-corrected chi connectivity index (χ0v) is 44.7. The van der Waals surface area contributed by atoms with Gasteiger partial charge in [-0.25, -0.2) is 9.59 Å². The van der Waals surface area contributed by atoms with Crippen molar-refractivity contribution in [3.8, 4) is 23.0 Å². The van der Waals surface area contributed by atoms with E-state index in [9.17, 15) is 39.9 Å². The van der Waals surface area contributed by atoms with Crippen molar-refractivity contribution in [2.45, 2.75) is 164 Å². The number of allylic oxidation sites excluding steroid dienone is 4. The Morgan fingerprint density at radius 2 is 1.59 bits per heavy atom. The summed E-state index contributed by atoms with van der Waals surface area (Å²) in [5.74, 6) is -5.36. The van der Waals surface area contributed by atoms with Crippen LogP contribution in [0, 0.1) is 11.8 Å². The molecule has 5 fully saturated rings. The van der Waals surface area contributed by atoms with E-state index in [2.05, 4.69) is 27.3 Å². The van der Waals surface area contributed by atoms with E-state index >= 15 is 9.59 Å². The molecule has 1 amide bonds. The van der Waals surface area contributed by atoms with Crippen LogP contribution in [0.5, 0.6) is 23.0 Å². The third kappa shape index (κ3) is 8.83. The summed E-state index contributed by atoms with van der Waals surface area (Å²) in [6.45, 7) is 15.6. The molecule has 74 heavy (non-hydrogen) atoms. The van der Waals surface area contributed by atoms with Gasteiger partial charge < -0.3 is 64.0 Å². The number of ether oxygens (including phenoxy) is 7. The lowest BCUT2D eigenvalue weighted by molar-refractivity contribution is -0.277. The van der Waals surface area contributed by atoms with Gasteiger partial charge in [0, 0.05) is 35.0 Å². The fourth-order valence-corrected chi connectivity index (χ4v) is 12.7. The van der Waals surface area contributed by atoms with Crippen LogP contribution in [0.4, 0.5) is 0 Å². The summed E-state index contributed by atoms with van der Waals surface area (Å²) in [7, 11) is 1.24. The van der Waals surface area contributed by atoms with Crippen LogP contribution in [0.25, 0.3) is 6.08 Å². The van der Waals surface area contributed by atoms with Gasteiger partial charge in [0.1, 0.15) is 58.9 Å². The van der Waals surface area contributed by atoms with Crippen LogP contribution in [-0.4, -0.2) is 138 Å². The fraction of sp³-hybridized carbons (Fsp3) is 0.545. The number of amides is 1. The van der Waals surface area contributed by atoms with Crippen LogP contribution >= 0.6 is 15.9 Å². The Balaban J connectivity index is 1.22. The number of nitrogens with one attached hydrogen (secondary N) is 1. The third-order valence-electron chi connectivity index (χ3n) is 15.4. The standard InChI is InChI=1S/C55H66BrNO17/c1-26(2)12-11-21-52(9)22-20-33-41(72-52)32(18-13-27(3)4)43-37(42(33)71-49(67)29(6)57-47(65)30-14-16-31(17-15-30)69-50-40(61)39(60)38(59)35(25-58)70-50)46(64)54(56)45(63)34-24-36-51(7,8)74-53(44(34)62,55(36,54)73-43)23-19-28(5)48(66)68-10/h12-17,19-20,22,29,34-36,38-40,45,50,58-61,63H,11,18,21,23-25H2,1-10H3,(H,57,65)/b28-19-/t29?,34?,35-,36?,38-,39-,40-,45?,50-,52?,53?,54?,55?/m1/s1. The normalized spacial score (nSPS) is 33.4. The number of hydrogen-bond donors (Lipinski definition) is 6. The minimum atomic E-state index is -2.10. The Kier molecular flexibility index (Phi) is 14.9. The number of halogens is 1. The molecule has 0 radical (unpaired) electrons. The molecule has 13 atom stereocenters. The van der Waals surface area contributed by atoms with Crippen molar-refractivity contribution in [1.29, 1.82) is 0 Å². The summed E-state index contributed by atoms with van der Waals surface area (Å²) < 4.78 is 41.7. The van der Waals surface area contributed by atoms with E-state index in [0.29, 0.717) is 18.4 Å². The first-order valence-electron chi connectivity index (χ1n) is 24.8. The van der Waals surface area contributed by atoms with Crippen molar-refractivity contribution in [2.75, 3.05) is 13.7 Å². The number of aliphatic hydroxyl groups excluding tert-OH is 5. The van der Waals surface area contributed by atoms with Gasteiger partial charge >= 0.3 is 11.9 Å². The summed E-state index contributed by atoms with van der Waals surface area (Å²) >= 11 is 3.79. The monoisotopic (exact) mass is 1090 g/mol. The Morgan fingerprint density at radius 3 is 2.23 bits per heavy atom. The van der Waals surface area contributed by atoms with Gasteiger partial charge in [-0.1, -0.05) is 45.3 Å². The molecule has 2 aromatic carbocycles. The molecule has 6 N–H and O–H groups in total. The molecule has 3 saturated carbocycles. The molecule has 1 spiro atoms. The number of esters is 2. The molecular weight excluding hydrogens is 1030 g/mol. The van der Waals surface area contributed by atoms with E-state index in [1.54, 1.807) is 19.9 Å². The van der Waals surface area contributed by atoms with E-state index in [1.165, 1.54) is 51.3 Å².